The number of rotatable bonds is 10. The highest BCUT2D eigenvalue weighted by molar-refractivity contribution is 6.68. The van der Waals surface area contributed by atoms with Gasteiger partial charge in [-0.3, -0.25) is 4.57 Å². The fourth-order valence-corrected chi connectivity index (χ4v) is 8.15. The summed E-state index contributed by atoms with van der Waals surface area (Å²) in [6, 6.07) is 21.4. The number of aliphatic hydroxyl groups excluding tert-OH is 1. The average molecular weight is 830 g/mol. The van der Waals surface area contributed by atoms with E-state index in [9.17, 15) is 20.4 Å². The van der Waals surface area contributed by atoms with E-state index in [0.717, 1.165) is 11.1 Å². The molecule has 6 nitrogen and oxygen atoms in total. The molecule has 0 aliphatic rings. The van der Waals surface area contributed by atoms with Crippen LogP contribution in [0.5, 0.6) is 5.75 Å². The molecule has 4 N–H and O–H groups in total. The number of aliphatic hydroxyl groups is 3. The fourth-order valence-electron chi connectivity index (χ4n) is 8.15. The standard InChI is InChI=1S/C47H22B14N2O4/c1-3-19(30(35(50)25(49)4-2)36(51)28(64)18-48)17-24-31-33(38(53)41(56)40(55)37(31)52)29(34-32(24)44(65)43(58)42(57)39(34)54)22-11-9-20(10-12-22)21-13-15-23(16-14-21)63-27-8-6-5-7-26(27)62-45(63)46(59,60)47(61,66)67/h1-2,5-16,64-67H,17-18H2/b30-19+,35-25-,36-28-. The van der Waals surface area contributed by atoms with Gasteiger partial charge in [0.2, 0.25) is 0 Å². The van der Waals surface area contributed by atoms with Crippen molar-refractivity contribution in [2.45, 2.75) is 23.6 Å². The first-order valence-corrected chi connectivity index (χ1v) is 20.0. The van der Waals surface area contributed by atoms with Gasteiger partial charge >= 0.3 is 0 Å². The molecule has 7 aromatic rings. The van der Waals surface area contributed by atoms with Crippen molar-refractivity contribution in [3.05, 3.63) is 118 Å². The van der Waals surface area contributed by atoms with Gasteiger partial charge in [0.1, 0.15) is 95.7 Å². The minimum atomic E-state index is -3.03. The Morgan fingerprint density at radius 1 is 0.642 bits per heavy atom. The number of phenolic OH excluding ortho intramolecular Hbond substituents is 1. The number of aromatic nitrogens is 2. The molecule has 6 aromatic carbocycles. The molecule has 0 aliphatic carbocycles. The number of para-hydroxylation sites is 2. The summed E-state index contributed by atoms with van der Waals surface area (Å²) < 4.78 is 1.58. The van der Waals surface area contributed by atoms with E-state index >= 15 is 0 Å². The summed E-state index contributed by atoms with van der Waals surface area (Å²) in [7, 11) is 89.1. The molecule has 0 atom stereocenters. The molecule has 28 radical (unpaired) electrons. The lowest BCUT2D eigenvalue weighted by molar-refractivity contribution is -0.100. The molecule has 0 amide bonds. The van der Waals surface area contributed by atoms with Crippen LogP contribution in [0.25, 0.3) is 60.5 Å². The lowest BCUT2D eigenvalue weighted by atomic mass is 9.45. The number of imidazole rings is 1. The molecule has 0 bridgehead atoms. The normalized spacial score (nSPS) is 13.2. The lowest BCUT2D eigenvalue weighted by Gasteiger charge is -2.37. The van der Waals surface area contributed by atoms with Gasteiger partial charge in [0, 0.05) is 23.1 Å². The summed E-state index contributed by atoms with van der Waals surface area (Å²) in [6.45, 7) is 0. The number of nitrogens with zero attached hydrogens (tertiary/aromatic N) is 2. The van der Waals surface area contributed by atoms with E-state index in [1.807, 2.05) is 24.3 Å². The Labute approximate surface area is 408 Å². The summed E-state index contributed by atoms with van der Waals surface area (Å²) in [6.07, 6.45) is 11.0. The van der Waals surface area contributed by atoms with Crippen molar-refractivity contribution in [1.82, 2.24) is 9.55 Å². The number of allylic oxidation sites excluding steroid dienone is 6. The van der Waals surface area contributed by atoms with Crippen molar-refractivity contribution in [3.63, 3.8) is 0 Å². The van der Waals surface area contributed by atoms with Crippen molar-refractivity contribution in [1.29, 1.82) is 0 Å². The molecule has 0 aliphatic heterocycles. The van der Waals surface area contributed by atoms with Gasteiger partial charge in [-0.1, -0.05) is 98.6 Å². The van der Waals surface area contributed by atoms with Crippen LogP contribution < -0.4 is 38.2 Å². The van der Waals surface area contributed by atoms with E-state index in [1.54, 1.807) is 53.1 Å². The second kappa shape index (κ2) is 18.3. The Morgan fingerprint density at radius 2 is 1.15 bits per heavy atom. The molecule has 0 spiro atoms. The van der Waals surface area contributed by atoms with Gasteiger partial charge in [0.15, 0.2) is 7.85 Å². The second-order valence-electron chi connectivity index (χ2n) is 15.8. The highest BCUT2D eigenvalue weighted by Crippen LogP contribution is 2.42. The van der Waals surface area contributed by atoms with E-state index in [1.165, 1.54) is 0 Å². The topological polar surface area (TPSA) is 98.7 Å². The van der Waals surface area contributed by atoms with Crippen LogP contribution in [0.2, 0.25) is 6.32 Å². The van der Waals surface area contributed by atoms with Gasteiger partial charge in [0.05, 0.1) is 40.3 Å². The minimum Gasteiger partial charge on any atom is -0.514 e. The number of fused-ring (bicyclic) bond motifs is 3. The van der Waals surface area contributed by atoms with Crippen LogP contribution in [0.3, 0.4) is 0 Å². The van der Waals surface area contributed by atoms with Gasteiger partial charge in [-0.05, 0) is 85.3 Å². The molecular formula is C47H22B14N2O4. The number of terminal acetylenes is 2. The van der Waals surface area contributed by atoms with E-state index in [4.69, 9.17) is 123 Å². The SMILES string of the molecule is [B]C\C(O)=C([B])/C(=C(\C#C)Cc1c2c([B])c([B])c([B])c([B])c2c(-c2ccc(-c3ccc(-n4c(C([B])([B])C([B])(O)O)nc5ccccc54)cc3)cc2)c2c([B])c([B])c([B])c(O)c12)C(/[B])=C(/[B])C#C. The van der Waals surface area contributed by atoms with E-state index in [-0.39, 0.29) is 105 Å². The maximum absolute atomic E-state index is 12.0. The Balaban J connectivity index is 1.49. The Bertz CT molecular complexity index is 3330. The first-order valence-electron chi connectivity index (χ1n) is 20.0. The monoisotopic (exact) mass is 832 g/mol. The predicted octanol–water partition coefficient (Wildman–Crippen LogP) is -2.60. The van der Waals surface area contributed by atoms with E-state index in [0.29, 0.717) is 27.8 Å². The summed E-state index contributed by atoms with van der Waals surface area (Å²) in [5.74, 6) is 3.72. The smallest absolute Gasteiger partial charge is 0.152 e. The van der Waals surface area contributed by atoms with E-state index in [2.05, 4.69) is 16.8 Å². The van der Waals surface area contributed by atoms with Crippen LogP contribution in [0.15, 0.2) is 106 Å². The number of hydrogen-bond acceptors (Lipinski definition) is 5. The lowest BCUT2D eigenvalue weighted by Crippen LogP contribution is -2.54. The van der Waals surface area contributed by atoms with Gasteiger partial charge < -0.3 is 20.4 Å². The Hall–Kier alpha value is -5.92. The Kier molecular flexibility index (Phi) is 13.4. The molecule has 0 fully saturated rings. The maximum atomic E-state index is 12.0. The van der Waals surface area contributed by atoms with Gasteiger partial charge in [-0.15, -0.1) is 29.2 Å². The molecule has 67 heavy (non-hydrogen) atoms. The molecule has 0 saturated carbocycles. The summed E-state index contributed by atoms with van der Waals surface area (Å²) >= 11 is 0. The molecule has 7 rings (SSSR count). The van der Waals surface area contributed by atoms with Crippen molar-refractivity contribution in [2.75, 3.05) is 0 Å². The fraction of sp³-hybridized carbons (Fsp3) is 0.0851. The second-order valence-corrected chi connectivity index (χ2v) is 15.8. The zero-order valence-electron chi connectivity index (χ0n) is 35.8. The molecule has 1 aromatic heterocycles. The molecule has 0 saturated heterocycles. The molecule has 20 heteroatoms. The van der Waals surface area contributed by atoms with Crippen molar-refractivity contribution in [2.24, 2.45) is 0 Å². The molecule has 0 unspecified atom stereocenters. The first kappa shape index (κ1) is 49.0. The third-order valence-electron chi connectivity index (χ3n) is 11.8. The van der Waals surface area contributed by atoms with Gasteiger partial charge in [-0.2, -0.15) is 0 Å². The predicted molar refractivity (Wildman–Crippen MR) is 285 cm³/mol. The highest BCUT2D eigenvalue weighted by Gasteiger charge is 2.41. The van der Waals surface area contributed by atoms with Crippen LogP contribution in [0.1, 0.15) is 11.4 Å². The van der Waals surface area contributed by atoms with Crippen LogP contribution in [-0.4, -0.2) is 146 Å². The number of phenols is 1. The maximum Gasteiger partial charge on any atom is 0.152 e. The van der Waals surface area contributed by atoms with Crippen LogP contribution >= 0.6 is 0 Å². The summed E-state index contributed by atoms with van der Waals surface area (Å²) in [5, 5.41) is 41.7. The number of benzene rings is 6. The Morgan fingerprint density at radius 3 is 1.69 bits per heavy atom. The number of aromatic hydroxyl groups is 1. The van der Waals surface area contributed by atoms with Crippen LogP contribution in [0.4, 0.5) is 0 Å². The minimum absolute atomic E-state index is 0.00206. The number of hydrogen-bond donors (Lipinski definition) is 4. The third kappa shape index (κ3) is 8.11. The highest BCUT2D eigenvalue weighted by atomic mass is 16.5. The van der Waals surface area contributed by atoms with Crippen LogP contribution in [0, 0.1) is 24.7 Å². The van der Waals surface area contributed by atoms with Gasteiger partial charge in [-0.25, -0.2) is 4.98 Å². The van der Waals surface area contributed by atoms with Crippen LogP contribution in [-0.2, 0) is 11.6 Å². The zero-order chi connectivity index (χ0) is 49.2. The molecule has 286 valence electrons. The molecule has 1 heterocycles. The van der Waals surface area contributed by atoms with E-state index < -0.39 is 28.7 Å². The quantitative estimate of drug-likeness (QED) is 0.0304. The van der Waals surface area contributed by atoms with Gasteiger partial charge in [0.25, 0.3) is 0 Å². The van der Waals surface area contributed by atoms with Crippen molar-refractivity contribution >= 4 is 181 Å². The first-order chi connectivity index (χ1) is 31.5. The third-order valence-corrected chi connectivity index (χ3v) is 11.8. The summed E-state index contributed by atoms with van der Waals surface area (Å²) in [4.78, 5) is 4.49. The largest absolute Gasteiger partial charge is 0.514 e. The summed E-state index contributed by atoms with van der Waals surface area (Å²) in [5.41, 5.74) is -0.517. The van der Waals surface area contributed by atoms with Crippen molar-refractivity contribution in [3.8, 4) is 58.4 Å². The zero-order valence-corrected chi connectivity index (χ0v) is 35.8. The average Bonchev–Trinajstić information content (AvgIpc) is 3.72. The van der Waals surface area contributed by atoms with Crippen molar-refractivity contribution < 1.29 is 20.4 Å². The molecular weight excluding hydrogens is 808 g/mol.